The molecule has 2 rings (SSSR count). The maximum absolute atomic E-state index is 11.8. The van der Waals surface area contributed by atoms with E-state index in [1.54, 1.807) is 18.2 Å². The normalized spacial score (nSPS) is 14.5. The number of anilines is 1. The molecular formula is C16H20N2O4. The predicted octanol–water partition coefficient (Wildman–Crippen LogP) is 1.85. The number of ether oxygens (including phenoxy) is 1. The Hall–Kier alpha value is -2.37. The summed E-state index contributed by atoms with van der Waals surface area (Å²) >= 11 is 0. The van der Waals surface area contributed by atoms with Crippen molar-refractivity contribution in [2.45, 2.75) is 32.1 Å². The molecule has 1 aliphatic carbocycles. The Balaban J connectivity index is 1.80. The summed E-state index contributed by atoms with van der Waals surface area (Å²) in [6, 6.07) is 6.41. The average Bonchev–Trinajstić information content (AvgIpc) is 2.98. The van der Waals surface area contributed by atoms with Gasteiger partial charge in [-0.05, 0) is 30.9 Å². The summed E-state index contributed by atoms with van der Waals surface area (Å²) < 4.78 is 4.97. The fourth-order valence-electron chi connectivity index (χ4n) is 2.65. The second-order valence-corrected chi connectivity index (χ2v) is 5.47. The first kappa shape index (κ1) is 16.0. The number of amides is 2. The SMILES string of the molecule is NC(=O)c1ccccc1NC(=O)COC(=O)CC1CCCC1. The van der Waals surface area contributed by atoms with Crippen molar-refractivity contribution in [2.75, 3.05) is 11.9 Å². The van der Waals surface area contributed by atoms with E-state index in [4.69, 9.17) is 10.5 Å². The van der Waals surface area contributed by atoms with Gasteiger partial charge in [-0.3, -0.25) is 14.4 Å². The Morgan fingerprint density at radius 3 is 2.55 bits per heavy atom. The molecule has 2 amide bonds. The van der Waals surface area contributed by atoms with E-state index in [1.807, 2.05) is 0 Å². The molecule has 1 saturated carbocycles. The van der Waals surface area contributed by atoms with Crippen LogP contribution in [-0.4, -0.2) is 24.4 Å². The lowest BCUT2D eigenvalue weighted by Gasteiger charge is -2.10. The van der Waals surface area contributed by atoms with Gasteiger partial charge in [-0.2, -0.15) is 0 Å². The van der Waals surface area contributed by atoms with Gasteiger partial charge in [0.1, 0.15) is 0 Å². The van der Waals surface area contributed by atoms with Crippen LogP contribution in [0.15, 0.2) is 24.3 Å². The number of primary amides is 1. The molecule has 1 fully saturated rings. The topological polar surface area (TPSA) is 98.5 Å². The lowest BCUT2D eigenvalue weighted by Crippen LogP contribution is -2.23. The minimum Gasteiger partial charge on any atom is -0.456 e. The molecule has 0 heterocycles. The Morgan fingerprint density at radius 1 is 1.18 bits per heavy atom. The molecule has 0 unspecified atom stereocenters. The maximum Gasteiger partial charge on any atom is 0.306 e. The second-order valence-electron chi connectivity index (χ2n) is 5.47. The molecule has 0 atom stereocenters. The van der Waals surface area contributed by atoms with E-state index in [1.165, 1.54) is 6.07 Å². The smallest absolute Gasteiger partial charge is 0.306 e. The van der Waals surface area contributed by atoms with Crippen LogP contribution in [0.5, 0.6) is 0 Å². The summed E-state index contributed by atoms with van der Waals surface area (Å²) in [5, 5.41) is 2.52. The first-order valence-electron chi connectivity index (χ1n) is 7.40. The number of hydrogen-bond donors (Lipinski definition) is 2. The van der Waals surface area contributed by atoms with Crippen molar-refractivity contribution in [1.82, 2.24) is 0 Å². The molecule has 22 heavy (non-hydrogen) atoms. The van der Waals surface area contributed by atoms with E-state index >= 15 is 0 Å². The highest BCUT2D eigenvalue weighted by Crippen LogP contribution is 2.27. The molecule has 1 aromatic carbocycles. The molecule has 0 saturated heterocycles. The summed E-state index contributed by atoms with van der Waals surface area (Å²) in [7, 11) is 0. The molecule has 3 N–H and O–H groups in total. The van der Waals surface area contributed by atoms with E-state index < -0.39 is 11.8 Å². The van der Waals surface area contributed by atoms with Crippen LogP contribution in [0.1, 0.15) is 42.5 Å². The Morgan fingerprint density at radius 2 is 1.86 bits per heavy atom. The number of benzene rings is 1. The van der Waals surface area contributed by atoms with Gasteiger partial charge in [0, 0.05) is 6.42 Å². The molecule has 1 aromatic rings. The summed E-state index contributed by atoms with van der Waals surface area (Å²) in [5.41, 5.74) is 5.76. The van der Waals surface area contributed by atoms with Gasteiger partial charge >= 0.3 is 5.97 Å². The van der Waals surface area contributed by atoms with Gasteiger partial charge in [0.2, 0.25) is 0 Å². The van der Waals surface area contributed by atoms with Gasteiger partial charge in [-0.15, -0.1) is 0 Å². The number of rotatable bonds is 6. The van der Waals surface area contributed by atoms with Crippen molar-refractivity contribution in [1.29, 1.82) is 0 Å². The number of para-hydroxylation sites is 1. The van der Waals surface area contributed by atoms with Gasteiger partial charge < -0.3 is 15.8 Å². The summed E-state index contributed by atoms with van der Waals surface area (Å²) in [6.07, 6.45) is 4.77. The number of nitrogens with one attached hydrogen (secondary N) is 1. The van der Waals surface area contributed by atoms with Crippen LogP contribution in [0, 0.1) is 5.92 Å². The molecule has 0 spiro atoms. The van der Waals surface area contributed by atoms with E-state index in [-0.39, 0.29) is 18.1 Å². The largest absolute Gasteiger partial charge is 0.456 e. The van der Waals surface area contributed by atoms with Crippen molar-refractivity contribution in [3.8, 4) is 0 Å². The number of esters is 1. The predicted molar refractivity (Wildman–Crippen MR) is 81.1 cm³/mol. The summed E-state index contributed by atoms with van der Waals surface area (Å²) in [5.74, 6) is -1.10. The summed E-state index contributed by atoms with van der Waals surface area (Å²) in [4.78, 5) is 34.7. The van der Waals surface area contributed by atoms with Gasteiger partial charge in [0.25, 0.3) is 11.8 Å². The molecule has 6 nitrogen and oxygen atoms in total. The van der Waals surface area contributed by atoms with Crippen LogP contribution in [0.3, 0.4) is 0 Å². The number of hydrogen-bond acceptors (Lipinski definition) is 4. The third kappa shape index (κ3) is 4.58. The molecule has 1 aliphatic rings. The summed E-state index contributed by atoms with van der Waals surface area (Å²) in [6.45, 7) is -0.362. The fraction of sp³-hybridized carbons (Fsp3) is 0.438. The Bertz CT molecular complexity index is 565. The number of nitrogens with two attached hydrogens (primary N) is 1. The monoisotopic (exact) mass is 304 g/mol. The minimum absolute atomic E-state index is 0.216. The zero-order valence-corrected chi connectivity index (χ0v) is 12.3. The van der Waals surface area contributed by atoms with Crippen molar-refractivity contribution >= 4 is 23.5 Å². The lowest BCUT2D eigenvalue weighted by atomic mass is 10.0. The van der Waals surface area contributed by atoms with Crippen LogP contribution in [0.25, 0.3) is 0 Å². The van der Waals surface area contributed by atoms with Gasteiger partial charge in [0.15, 0.2) is 6.61 Å². The quantitative estimate of drug-likeness (QED) is 0.783. The highest BCUT2D eigenvalue weighted by Gasteiger charge is 2.20. The van der Waals surface area contributed by atoms with Crippen LogP contribution in [-0.2, 0) is 14.3 Å². The van der Waals surface area contributed by atoms with E-state index in [2.05, 4.69) is 5.32 Å². The van der Waals surface area contributed by atoms with E-state index in [0.717, 1.165) is 25.7 Å². The van der Waals surface area contributed by atoms with Gasteiger partial charge in [0.05, 0.1) is 11.3 Å². The maximum atomic E-state index is 11.8. The fourth-order valence-corrected chi connectivity index (χ4v) is 2.65. The Kier molecular flexibility index (Phi) is 5.52. The Labute approximate surface area is 129 Å². The molecule has 6 heteroatoms. The minimum atomic E-state index is -0.630. The zero-order valence-electron chi connectivity index (χ0n) is 12.3. The third-order valence-electron chi connectivity index (χ3n) is 3.76. The second kappa shape index (κ2) is 7.59. The number of carbonyl (C=O) groups excluding carboxylic acids is 3. The first-order valence-corrected chi connectivity index (χ1v) is 7.40. The zero-order chi connectivity index (χ0) is 15.9. The van der Waals surface area contributed by atoms with Crippen molar-refractivity contribution in [3.63, 3.8) is 0 Å². The highest BCUT2D eigenvalue weighted by atomic mass is 16.5. The molecule has 0 bridgehead atoms. The first-order chi connectivity index (χ1) is 10.6. The highest BCUT2D eigenvalue weighted by molar-refractivity contribution is 6.03. The molecule has 0 radical (unpaired) electrons. The van der Waals surface area contributed by atoms with Crippen molar-refractivity contribution < 1.29 is 19.1 Å². The number of carbonyl (C=O) groups is 3. The van der Waals surface area contributed by atoms with Crippen LogP contribution >= 0.6 is 0 Å². The molecular weight excluding hydrogens is 284 g/mol. The van der Waals surface area contributed by atoms with Crippen LogP contribution < -0.4 is 11.1 Å². The van der Waals surface area contributed by atoms with E-state index in [0.29, 0.717) is 18.0 Å². The van der Waals surface area contributed by atoms with E-state index in [9.17, 15) is 14.4 Å². The lowest BCUT2D eigenvalue weighted by molar-refractivity contribution is -0.148. The third-order valence-corrected chi connectivity index (χ3v) is 3.76. The van der Waals surface area contributed by atoms with Gasteiger partial charge in [-0.25, -0.2) is 0 Å². The van der Waals surface area contributed by atoms with Crippen LogP contribution in [0.4, 0.5) is 5.69 Å². The van der Waals surface area contributed by atoms with Crippen molar-refractivity contribution in [2.24, 2.45) is 11.7 Å². The standard InChI is InChI=1S/C16H20N2O4/c17-16(21)12-7-3-4-8-13(12)18-14(19)10-22-15(20)9-11-5-1-2-6-11/h3-4,7-8,11H,1-2,5-6,9-10H2,(H2,17,21)(H,18,19). The van der Waals surface area contributed by atoms with Crippen molar-refractivity contribution in [3.05, 3.63) is 29.8 Å². The molecule has 0 aromatic heterocycles. The molecule has 118 valence electrons. The van der Waals surface area contributed by atoms with Crippen LogP contribution in [0.2, 0.25) is 0 Å². The molecule has 0 aliphatic heterocycles. The average molecular weight is 304 g/mol. The van der Waals surface area contributed by atoms with Gasteiger partial charge in [-0.1, -0.05) is 25.0 Å².